The van der Waals surface area contributed by atoms with E-state index in [9.17, 15) is 4.79 Å². The van der Waals surface area contributed by atoms with Gasteiger partial charge in [0.2, 0.25) is 0 Å². The van der Waals surface area contributed by atoms with Crippen LogP contribution < -0.4 is 11.1 Å². The van der Waals surface area contributed by atoms with Gasteiger partial charge in [-0.25, -0.2) is 9.78 Å². The number of hydrogen-bond acceptors (Lipinski definition) is 5. The lowest BCUT2D eigenvalue weighted by Gasteiger charge is -2.20. The first-order valence-corrected chi connectivity index (χ1v) is 6.32. The second kappa shape index (κ2) is 6.06. The first-order chi connectivity index (χ1) is 8.67. The van der Waals surface area contributed by atoms with Crippen LogP contribution in [-0.2, 0) is 11.2 Å². The van der Waals surface area contributed by atoms with E-state index >= 15 is 0 Å². The number of carbonyl (C=O) groups is 1. The molecule has 0 spiro atoms. The van der Waals surface area contributed by atoms with Gasteiger partial charge in [0.25, 0.3) is 0 Å². The maximum absolute atomic E-state index is 11.4. The topological polar surface area (TPSA) is 90.4 Å². The van der Waals surface area contributed by atoms with Crippen LogP contribution in [0.2, 0.25) is 0 Å². The zero-order chi connectivity index (χ0) is 14.6. The van der Waals surface area contributed by atoms with E-state index in [0.717, 1.165) is 11.5 Å². The molecule has 108 valence electrons. The summed E-state index contributed by atoms with van der Waals surface area (Å²) in [6.45, 7) is 9.49. The first-order valence-electron chi connectivity index (χ1n) is 6.32. The Morgan fingerprint density at radius 2 is 2.11 bits per heavy atom. The van der Waals surface area contributed by atoms with Crippen LogP contribution in [0.15, 0.2) is 4.42 Å². The molecule has 0 fully saturated rings. The Hall–Kier alpha value is -1.56. The summed E-state index contributed by atoms with van der Waals surface area (Å²) in [5, 5.41) is 2.63. The minimum Gasteiger partial charge on any atom is -0.446 e. The van der Waals surface area contributed by atoms with Crippen molar-refractivity contribution in [3.8, 4) is 0 Å². The number of carbonyl (C=O) groups excluding carboxylic acids is 1. The normalized spacial score (nSPS) is 13.2. The highest BCUT2D eigenvalue weighted by atomic mass is 16.6. The number of nitrogens with two attached hydrogens (primary N) is 1. The molecule has 1 unspecified atom stereocenters. The second-order valence-electron chi connectivity index (χ2n) is 5.60. The highest BCUT2D eigenvalue weighted by Gasteiger charge is 2.17. The van der Waals surface area contributed by atoms with Crippen molar-refractivity contribution in [1.82, 2.24) is 10.3 Å². The lowest BCUT2D eigenvalue weighted by Crippen LogP contribution is -2.41. The Balaban J connectivity index is 2.35. The van der Waals surface area contributed by atoms with E-state index in [1.54, 1.807) is 0 Å². The second-order valence-corrected chi connectivity index (χ2v) is 5.60. The van der Waals surface area contributed by atoms with Crippen molar-refractivity contribution in [1.29, 1.82) is 0 Å². The van der Waals surface area contributed by atoms with E-state index in [4.69, 9.17) is 14.9 Å². The molecule has 0 aromatic carbocycles. The summed E-state index contributed by atoms with van der Waals surface area (Å²) in [4.78, 5) is 15.7. The molecular formula is C13H23N3O3. The number of hydrogen-bond donors (Lipinski definition) is 2. The molecule has 0 aliphatic carbocycles. The van der Waals surface area contributed by atoms with Crippen LogP contribution in [0.1, 0.15) is 38.1 Å². The molecule has 0 saturated carbocycles. The molecule has 19 heavy (non-hydrogen) atoms. The third kappa shape index (κ3) is 5.74. The average molecular weight is 269 g/mol. The van der Waals surface area contributed by atoms with Crippen molar-refractivity contribution in [2.45, 2.75) is 52.7 Å². The van der Waals surface area contributed by atoms with Crippen LogP contribution in [0.5, 0.6) is 0 Å². The third-order valence-electron chi connectivity index (χ3n) is 2.42. The smallest absolute Gasteiger partial charge is 0.407 e. The molecular weight excluding hydrogens is 246 g/mol. The summed E-state index contributed by atoms with van der Waals surface area (Å²) in [5.74, 6) is 1.38. The van der Waals surface area contributed by atoms with Gasteiger partial charge in [-0.05, 0) is 34.6 Å². The number of aromatic nitrogens is 1. The molecule has 0 saturated heterocycles. The monoisotopic (exact) mass is 269 g/mol. The van der Waals surface area contributed by atoms with E-state index in [1.165, 1.54) is 0 Å². The summed E-state index contributed by atoms with van der Waals surface area (Å²) in [6, 6.07) is -0.259. The minimum atomic E-state index is -0.509. The Bertz CT molecular complexity index is 415. The number of nitrogens with zero attached hydrogens (tertiary/aromatic N) is 1. The summed E-state index contributed by atoms with van der Waals surface area (Å²) in [7, 11) is 0. The maximum Gasteiger partial charge on any atom is 0.407 e. The quantitative estimate of drug-likeness (QED) is 0.868. The fraction of sp³-hybridized carbons (Fsp3) is 0.692. The molecule has 6 nitrogen and oxygen atoms in total. The van der Waals surface area contributed by atoms with Gasteiger partial charge in [-0.1, -0.05) is 0 Å². The molecule has 0 aliphatic rings. The SMILES string of the molecule is Cc1nc(CC(N)CNC(=O)OC(C)(C)C)oc1C. The van der Waals surface area contributed by atoms with Crippen molar-refractivity contribution in [2.75, 3.05) is 6.54 Å². The standard InChI is InChI=1S/C13H23N3O3/c1-8-9(2)18-11(16-8)6-10(14)7-15-12(17)19-13(3,4)5/h10H,6-7,14H2,1-5H3,(H,15,17). The number of nitrogens with one attached hydrogen (secondary N) is 1. The van der Waals surface area contributed by atoms with Crippen molar-refractivity contribution in [3.63, 3.8) is 0 Å². The predicted molar refractivity (Wildman–Crippen MR) is 71.9 cm³/mol. The zero-order valence-corrected chi connectivity index (χ0v) is 12.2. The number of rotatable bonds is 4. The molecule has 1 aromatic rings. The summed E-state index contributed by atoms with van der Waals surface area (Å²) in [6.07, 6.45) is 0.00696. The van der Waals surface area contributed by atoms with Crippen molar-refractivity contribution < 1.29 is 13.9 Å². The van der Waals surface area contributed by atoms with Crippen LogP contribution in [0.4, 0.5) is 4.79 Å². The van der Waals surface area contributed by atoms with Gasteiger partial charge in [0.15, 0.2) is 5.89 Å². The molecule has 3 N–H and O–H groups in total. The van der Waals surface area contributed by atoms with Gasteiger partial charge in [0.05, 0.1) is 5.69 Å². The van der Waals surface area contributed by atoms with Gasteiger partial charge in [-0.2, -0.15) is 0 Å². The highest BCUT2D eigenvalue weighted by molar-refractivity contribution is 5.67. The van der Waals surface area contributed by atoms with E-state index in [-0.39, 0.29) is 6.04 Å². The fourth-order valence-corrected chi connectivity index (χ4v) is 1.45. The fourth-order valence-electron chi connectivity index (χ4n) is 1.45. The molecule has 6 heteroatoms. The van der Waals surface area contributed by atoms with Gasteiger partial charge in [0, 0.05) is 19.0 Å². The molecule has 0 bridgehead atoms. The molecule has 1 rings (SSSR count). The highest BCUT2D eigenvalue weighted by Crippen LogP contribution is 2.10. The summed E-state index contributed by atoms with van der Waals surface area (Å²) >= 11 is 0. The van der Waals surface area contributed by atoms with Gasteiger partial charge in [-0.3, -0.25) is 0 Å². The Morgan fingerprint density at radius 1 is 1.47 bits per heavy atom. The van der Waals surface area contributed by atoms with Crippen LogP contribution >= 0.6 is 0 Å². The van der Waals surface area contributed by atoms with Crippen molar-refractivity contribution in [2.24, 2.45) is 5.73 Å². The minimum absolute atomic E-state index is 0.259. The van der Waals surface area contributed by atoms with Crippen LogP contribution in [0.3, 0.4) is 0 Å². The number of ether oxygens (including phenoxy) is 1. The number of aryl methyl sites for hydroxylation is 2. The molecule has 1 heterocycles. The molecule has 1 atom stereocenters. The van der Waals surface area contributed by atoms with E-state index in [2.05, 4.69) is 10.3 Å². The number of alkyl carbamates (subject to hydrolysis) is 1. The predicted octanol–water partition coefficient (Wildman–Crippen LogP) is 1.69. The first kappa shape index (κ1) is 15.5. The third-order valence-corrected chi connectivity index (χ3v) is 2.42. The van der Waals surface area contributed by atoms with Gasteiger partial charge in [0.1, 0.15) is 11.4 Å². The average Bonchev–Trinajstić information content (AvgIpc) is 2.52. The number of oxazole rings is 1. The van der Waals surface area contributed by atoms with Crippen LogP contribution in [-0.4, -0.2) is 29.3 Å². The molecule has 1 amide bonds. The molecule has 1 aromatic heterocycles. The van der Waals surface area contributed by atoms with E-state index in [0.29, 0.717) is 18.9 Å². The number of amides is 1. The largest absolute Gasteiger partial charge is 0.446 e. The molecule has 0 radical (unpaired) electrons. The zero-order valence-electron chi connectivity index (χ0n) is 12.2. The Labute approximate surface area is 113 Å². The Morgan fingerprint density at radius 3 is 2.58 bits per heavy atom. The van der Waals surface area contributed by atoms with Crippen molar-refractivity contribution in [3.05, 3.63) is 17.3 Å². The van der Waals surface area contributed by atoms with Gasteiger partial charge < -0.3 is 20.2 Å². The van der Waals surface area contributed by atoms with E-state index < -0.39 is 11.7 Å². The lowest BCUT2D eigenvalue weighted by atomic mass is 10.2. The Kier molecular flexibility index (Phi) is 4.94. The van der Waals surface area contributed by atoms with Crippen molar-refractivity contribution >= 4 is 6.09 Å². The van der Waals surface area contributed by atoms with Crippen LogP contribution in [0, 0.1) is 13.8 Å². The molecule has 0 aliphatic heterocycles. The lowest BCUT2D eigenvalue weighted by molar-refractivity contribution is 0.0524. The summed E-state index contributed by atoms with van der Waals surface area (Å²) in [5.41, 5.74) is 6.26. The van der Waals surface area contributed by atoms with E-state index in [1.807, 2.05) is 34.6 Å². The van der Waals surface area contributed by atoms with Crippen LogP contribution in [0.25, 0.3) is 0 Å². The van der Waals surface area contributed by atoms with Gasteiger partial charge in [-0.15, -0.1) is 0 Å². The van der Waals surface area contributed by atoms with Gasteiger partial charge >= 0.3 is 6.09 Å². The summed E-state index contributed by atoms with van der Waals surface area (Å²) < 4.78 is 10.6. The maximum atomic E-state index is 11.4.